The first-order valence-electron chi connectivity index (χ1n) is 7.77. The molecule has 1 aliphatic heterocycles. The van der Waals surface area contributed by atoms with Crippen LogP contribution in [0.15, 0.2) is 52.0 Å². The molecule has 7 nitrogen and oxygen atoms in total. The molecule has 1 atom stereocenters. The van der Waals surface area contributed by atoms with Gasteiger partial charge >= 0.3 is 0 Å². The number of piperazine rings is 1. The van der Waals surface area contributed by atoms with E-state index in [2.05, 4.69) is 15.6 Å². The highest BCUT2D eigenvalue weighted by atomic mass is 35.5. The average Bonchev–Trinajstić information content (AvgIpc) is 3.11. The van der Waals surface area contributed by atoms with E-state index in [-0.39, 0.29) is 22.8 Å². The monoisotopic (exact) mass is 414 g/mol. The number of nitrogens with zero attached hydrogens (tertiary/aromatic N) is 3. The van der Waals surface area contributed by atoms with Crippen LogP contribution in [-0.2, 0) is 10.0 Å². The normalized spacial score (nSPS) is 18.6. The summed E-state index contributed by atoms with van der Waals surface area (Å²) in [5.74, 6) is 0. The fourth-order valence-electron chi connectivity index (χ4n) is 3.10. The zero-order valence-corrected chi connectivity index (χ0v) is 15.9. The highest BCUT2D eigenvalue weighted by Gasteiger charge is 2.36. The summed E-state index contributed by atoms with van der Waals surface area (Å²) in [6.07, 6.45) is 0. The lowest BCUT2D eigenvalue weighted by molar-refractivity contribution is 0.271. The molecule has 0 saturated carbocycles. The predicted octanol–water partition coefficient (Wildman–Crippen LogP) is 2.63. The van der Waals surface area contributed by atoms with E-state index in [0.29, 0.717) is 30.2 Å². The molecule has 0 radical (unpaired) electrons. The third-order valence-electron chi connectivity index (χ3n) is 4.29. The molecular formula is C16H16Cl2N4O3S. The Kier molecular flexibility index (Phi) is 5.50. The van der Waals surface area contributed by atoms with Crippen LogP contribution in [-0.4, -0.2) is 42.7 Å². The molecular weight excluding hydrogens is 399 g/mol. The quantitative estimate of drug-likeness (QED) is 0.708. The number of nitrogens with one attached hydrogen (secondary N) is 1. The second-order valence-corrected chi connectivity index (χ2v) is 8.01. The van der Waals surface area contributed by atoms with Crippen LogP contribution < -0.4 is 5.32 Å². The van der Waals surface area contributed by atoms with E-state index in [9.17, 15) is 8.42 Å². The Morgan fingerprint density at radius 3 is 2.77 bits per heavy atom. The molecule has 1 aliphatic rings. The van der Waals surface area contributed by atoms with Crippen LogP contribution in [0.1, 0.15) is 11.6 Å². The van der Waals surface area contributed by atoms with E-state index >= 15 is 0 Å². The summed E-state index contributed by atoms with van der Waals surface area (Å²) in [6, 6.07) is 11.7. The third-order valence-corrected chi connectivity index (χ3v) is 6.58. The molecule has 1 aromatic heterocycles. The van der Waals surface area contributed by atoms with Crippen molar-refractivity contribution >= 4 is 45.1 Å². The molecule has 0 amide bonds. The summed E-state index contributed by atoms with van der Waals surface area (Å²) in [5.41, 5.74) is 1.41. The van der Waals surface area contributed by atoms with Gasteiger partial charge in [-0.3, -0.25) is 0 Å². The Labute approximate surface area is 161 Å². The maximum atomic E-state index is 13.3. The third kappa shape index (κ3) is 3.19. The summed E-state index contributed by atoms with van der Waals surface area (Å²) >= 11 is 6.31. The van der Waals surface area contributed by atoms with Crippen molar-refractivity contribution in [3.05, 3.63) is 53.1 Å². The summed E-state index contributed by atoms with van der Waals surface area (Å²) in [6.45, 7) is 1.38. The second-order valence-electron chi connectivity index (χ2n) is 5.75. The van der Waals surface area contributed by atoms with Gasteiger partial charge in [0.05, 0.1) is 6.04 Å². The lowest BCUT2D eigenvalue weighted by atomic mass is 10.1. The van der Waals surface area contributed by atoms with Crippen molar-refractivity contribution in [2.24, 2.45) is 0 Å². The fourth-order valence-corrected chi connectivity index (χ4v) is 5.11. The van der Waals surface area contributed by atoms with Gasteiger partial charge in [-0.25, -0.2) is 13.0 Å². The molecule has 3 aromatic rings. The highest BCUT2D eigenvalue weighted by molar-refractivity contribution is 7.89. The Morgan fingerprint density at radius 2 is 1.96 bits per heavy atom. The number of hydrogen-bond acceptors (Lipinski definition) is 6. The van der Waals surface area contributed by atoms with Crippen molar-refractivity contribution in [2.45, 2.75) is 10.9 Å². The molecule has 0 aliphatic carbocycles. The second kappa shape index (κ2) is 7.50. The van der Waals surface area contributed by atoms with Gasteiger partial charge < -0.3 is 5.32 Å². The zero-order valence-electron chi connectivity index (χ0n) is 13.5. The molecule has 10 heteroatoms. The molecule has 2 heterocycles. The summed E-state index contributed by atoms with van der Waals surface area (Å²) in [5, 5.41) is 11.3. The minimum atomic E-state index is -3.80. The number of fused-ring (bicyclic) bond motifs is 1. The van der Waals surface area contributed by atoms with Gasteiger partial charge in [0.25, 0.3) is 0 Å². The van der Waals surface area contributed by atoms with Gasteiger partial charge in [0.1, 0.15) is 10.4 Å². The standard InChI is InChI=1S/C16H15ClN4O3S.ClH/c17-12-5-2-1-4-11(12)14-10-18-8-9-21(14)25(22,23)15-7-3-6-13-16(15)20-24-19-13;/h1-7,14,18H,8-10H2;1H. The molecule has 138 valence electrons. The van der Waals surface area contributed by atoms with E-state index in [1.807, 2.05) is 18.2 Å². The Hall–Kier alpha value is -1.71. The van der Waals surface area contributed by atoms with Crippen LogP contribution in [0.3, 0.4) is 0 Å². The SMILES string of the molecule is Cl.O=S(=O)(c1cccc2nonc12)N1CCNCC1c1ccccc1Cl. The fraction of sp³-hybridized carbons (Fsp3) is 0.250. The van der Waals surface area contributed by atoms with Crippen molar-refractivity contribution in [3.63, 3.8) is 0 Å². The van der Waals surface area contributed by atoms with E-state index < -0.39 is 16.1 Å². The maximum Gasteiger partial charge on any atom is 0.246 e. The lowest BCUT2D eigenvalue weighted by Crippen LogP contribution is -2.48. The van der Waals surface area contributed by atoms with E-state index in [1.54, 1.807) is 18.2 Å². The lowest BCUT2D eigenvalue weighted by Gasteiger charge is -2.35. The first-order valence-corrected chi connectivity index (χ1v) is 9.59. The number of rotatable bonds is 3. The first kappa shape index (κ1) is 19.1. The van der Waals surface area contributed by atoms with Crippen LogP contribution in [0.25, 0.3) is 11.0 Å². The van der Waals surface area contributed by atoms with Gasteiger partial charge in [0, 0.05) is 24.7 Å². The van der Waals surface area contributed by atoms with Gasteiger partial charge in [0.2, 0.25) is 10.0 Å². The van der Waals surface area contributed by atoms with Gasteiger partial charge in [-0.1, -0.05) is 35.9 Å². The number of halogens is 2. The van der Waals surface area contributed by atoms with Crippen LogP contribution in [0, 0.1) is 0 Å². The molecule has 1 unspecified atom stereocenters. The van der Waals surface area contributed by atoms with Gasteiger partial charge in [-0.05, 0) is 34.1 Å². The highest BCUT2D eigenvalue weighted by Crippen LogP contribution is 2.34. The van der Waals surface area contributed by atoms with E-state index in [1.165, 1.54) is 10.4 Å². The molecule has 1 N–H and O–H groups in total. The van der Waals surface area contributed by atoms with Crippen LogP contribution >= 0.6 is 24.0 Å². The Bertz CT molecular complexity index is 1030. The van der Waals surface area contributed by atoms with Gasteiger partial charge in [0.15, 0.2) is 5.52 Å². The minimum absolute atomic E-state index is 0. The molecule has 2 aromatic carbocycles. The molecule has 4 rings (SSSR count). The zero-order chi connectivity index (χ0) is 17.4. The maximum absolute atomic E-state index is 13.3. The smallest absolute Gasteiger partial charge is 0.246 e. The Morgan fingerprint density at radius 1 is 1.15 bits per heavy atom. The number of aromatic nitrogens is 2. The van der Waals surface area contributed by atoms with Gasteiger partial charge in [-0.2, -0.15) is 4.31 Å². The largest absolute Gasteiger partial charge is 0.313 e. The van der Waals surface area contributed by atoms with Crippen LogP contribution in [0.4, 0.5) is 0 Å². The number of benzene rings is 2. The summed E-state index contributed by atoms with van der Waals surface area (Å²) in [4.78, 5) is 0.0882. The van der Waals surface area contributed by atoms with Crippen molar-refractivity contribution in [1.82, 2.24) is 19.9 Å². The summed E-state index contributed by atoms with van der Waals surface area (Å²) < 4.78 is 32.8. The van der Waals surface area contributed by atoms with Crippen molar-refractivity contribution in [1.29, 1.82) is 0 Å². The van der Waals surface area contributed by atoms with Gasteiger partial charge in [-0.15, -0.1) is 12.4 Å². The topological polar surface area (TPSA) is 88.3 Å². The number of hydrogen-bond donors (Lipinski definition) is 1. The molecule has 1 fully saturated rings. The molecule has 0 bridgehead atoms. The van der Waals surface area contributed by atoms with E-state index in [4.69, 9.17) is 16.2 Å². The van der Waals surface area contributed by atoms with E-state index in [0.717, 1.165) is 5.56 Å². The first-order chi connectivity index (χ1) is 12.1. The van der Waals surface area contributed by atoms with Crippen molar-refractivity contribution in [3.8, 4) is 0 Å². The molecule has 0 spiro atoms. The molecule has 1 saturated heterocycles. The van der Waals surface area contributed by atoms with Crippen molar-refractivity contribution < 1.29 is 13.0 Å². The molecule has 26 heavy (non-hydrogen) atoms. The predicted molar refractivity (Wildman–Crippen MR) is 100 cm³/mol. The van der Waals surface area contributed by atoms with Crippen LogP contribution in [0.2, 0.25) is 5.02 Å². The minimum Gasteiger partial charge on any atom is -0.313 e. The summed E-state index contributed by atoms with van der Waals surface area (Å²) in [7, 11) is -3.80. The van der Waals surface area contributed by atoms with Crippen LogP contribution in [0.5, 0.6) is 0 Å². The number of sulfonamides is 1. The average molecular weight is 415 g/mol. The Balaban J connectivity index is 0.00000196. The van der Waals surface area contributed by atoms with Crippen molar-refractivity contribution in [2.75, 3.05) is 19.6 Å².